The van der Waals surface area contributed by atoms with E-state index in [0.717, 1.165) is 24.0 Å². The van der Waals surface area contributed by atoms with E-state index < -0.39 is 0 Å². The van der Waals surface area contributed by atoms with E-state index in [4.69, 9.17) is 9.15 Å². The molecule has 3 aliphatic rings. The van der Waals surface area contributed by atoms with Crippen LogP contribution in [0.5, 0.6) is 0 Å². The number of aryl methyl sites for hydroxylation is 1. The molecule has 2 heterocycles. The van der Waals surface area contributed by atoms with Gasteiger partial charge in [0.15, 0.2) is 0 Å². The third-order valence-electron chi connectivity index (χ3n) is 5.65. The number of hydrogen-bond acceptors (Lipinski definition) is 3. The third kappa shape index (κ3) is 1.58. The molecule has 2 aliphatic carbocycles. The zero-order chi connectivity index (χ0) is 13.0. The maximum Gasteiger partial charge on any atom is 0.120 e. The standard InChI is InChI=1S/C16H23NO2/c1-10-4-5-13(19-10)11(2)17-14-12-6-9-18-15(12)16(14)7-3-8-16/h4-5,11-12,14-15,17H,3,6-9H2,1-2H3/t11-,12-,14+,15+/m0/s1. The van der Waals surface area contributed by atoms with Gasteiger partial charge in [0.05, 0.1) is 12.1 Å². The largest absolute Gasteiger partial charge is 0.465 e. The molecule has 3 fully saturated rings. The summed E-state index contributed by atoms with van der Waals surface area (Å²) < 4.78 is 11.7. The Morgan fingerprint density at radius 3 is 2.84 bits per heavy atom. The summed E-state index contributed by atoms with van der Waals surface area (Å²) in [5, 5.41) is 3.84. The molecule has 1 saturated heterocycles. The molecule has 0 amide bonds. The van der Waals surface area contributed by atoms with Crippen molar-refractivity contribution in [1.29, 1.82) is 0 Å². The Labute approximate surface area is 114 Å². The first-order valence-electron chi connectivity index (χ1n) is 7.65. The second-order valence-electron chi connectivity index (χ2n) is 6.65. The number of rotatable bonds is 3. The molecule has 4 rings (SSSR count). The van der Waals surface area contributed by atoms with Crippen LogP contribution in [0.4, 0.5) is 0 Å². The zero-order valence-electron chi connectivity index (χ0n) is 11.8. The minimum Gasteiger partial charge on any atom is -0.465 e. The molecule has 0 unspecified atom stereocenters. The lowest BCUT2D eigenvalue weighted by molar-refractivity contribution is -0.178. The van der Waals surface area contributed by atoms with Crippen molar-refractivity contribution in [2.45, 2.75) is 57.7 Å². The summed E-state index contributed by atoms with van der Waals surface area (Å²) in [6, 6.07) is 5.09. The lowest BCUT2D eigenvalue weighted by Gasteiger charge is -2.64. The molecule has 2 saturated carbocycles. The van der Waals surface area contributed by atoms with Crippen molar-refractivity contribution in [3.8, 4) is 0 Å². The predicted octanol–water partition coefficient (Wildman–Crippen LogP) is 3.20. The van der Waals surface area contributed by atoms with Gasteiger partial charge in [-0.05, 0) is 45.2 Å². The Morgan fingerprint density at radius 1 is 1.37 bits per heavy atom. The molecule has 3 nitrogen and oxygen atoms in total. The summed E-state index contributed by atoms with van der Waals surface area (Å²) in [4.78, 5) is 0. The Balaban J connectivity index is 1.50. The number of ether oxygens (including phenoxy) is 1. The molecule has 1 aliphatic heterocycles. The van der Waals surface area contributed by atoms with Crippen LogP contribution in [0.25, 0.3) is 0 Å². The fraction of sp³-hybridized carbons (Fsp3) is 0.750. The molecule has 19 heavy (non-hydrogen) atoms. The van der Waals surface area contributed by atoms with Crippen LogP contribution in [-0.2, 0) is 4.74 Å². The zero-order valence-corrected chi connectivity index (χ0v) is 11.8. The Morgan fingerprint density at radius 2 is 2.21 bits per heavy atom. The summed E-state index contributed by atoms with van der Waals surface area (Å²) >= 11 is 0. The number of nitrogens with one attached hydrogen (secondary N) is 1. The molecule has 1 aromatic rings. The van der Waals surface area contributed by atoms with Crippen molar-refractivity contribution in [2.75, 3.05) is 6.61 Å². The predicted molar refractivity (Wildman–Crippen MR) is 72.9 cm³/mol. The van der Waals surface area contributed by atoms with Gasteiger partial charge in [-0.1, -0.05) is 6.42 Å². The first-order chi connectivity index (χ1) is 9.21. The first-order valence-corrected chi connectivity index (χ1v) is 7.65. The topological polar surface area (TPSA) is 34.4 Å². The molecular formula is C16H23NO2. The summed E-state index contributed by atoms with van der Waals surface area (Å²) in [5.74, 6) is 2.80. The summed E-state index contributed by atoms with van der Waals surface area (Å²) in [7, 11) is 0. The van der Waals surface area contributed by atoms with Gasteiger partial charge in [0.25, 0.3) is 0 Å². The van der Waals surface area contributed by atoms with Crippen LogP contribution < -0.4 is 5.32 Å². The molecule has 0 aromatic carbocycles. The molecule has 0 bridgehead atoms. The van der Waals surface area contributed by atoms with Gasteiger partial charge in [-0.15, -0.1) is 0 Å². The number of furan rings is 1. The number of hydrogen-bond donors (Lipinski definition) is 1. The fourth-order valence-electron chi connectivity index (χ4n) is 4.53. The van der Waals surface area contributed by atoms with Crippen molar-refractivity contribution >= 4 is 0 Å². The maximum atomic E-state index is 5.97. The molecular weight excluding hydrogens is 238 g/mol. The van der Waals surface area contributed by atoms with Gasteiger partial charge in [0, 0.05) is 24.0 Å². The average molecular weight is 261 g/mol. The highest BCUT2D eigenvalue weighted by molar-refractivity contribution is 5.20. The normalized spacial score (nSPS) is 36.6. The third-order valence-corrected chi connectivity index (χ3v) is 5.65. The quantitative estimate of drug-likeness (QED) is 0.907. The summed E-state index contributed by atoms with van der Waals surface area (Å²) in [6.45, 7) is 5.19. The minimum atomic E-state index is 0.303. The van der Waals surface area contributed by atoms with Crippen LogP contribution in [0.2, 0.25) is 0 Å². The van der Waals surface area contributed by atoms with Crippen molar-refractivity contribution in [2.24, 2.45) is 11.3 Å². The van der Waals surface area contributed by atoms with Gasteiger partial charge in [0.1, 0.15) is 11.5 Å². The Kier molecular flexibility index (Phi) is 2.58. The lowest BCUT2D eigenvalue weighted by Crippen LogP contribution is -2.71. The van der Waals surface area contributed by atoms with Gasteiger partial charge in [0.2, 0.25) is 0 Å². The molecule has 1 spiro atoms. The van der Waals surface area contributed by atoms with Crippen LogP contribution in [-0.4, -0.2) is 18.8 Å². The smallest absolute Gasteiger partial charge is 0.120 e. The van der Waals surface area contributed by atoms with Crippen LogP contribution in [0.1, 0.15) is 50.2 Å². The van der Waals surface area contributed by atoms with Crippen molar-refractivity contribution in [3.05, 3.63) is 23.7 Å². The lowest BCUT2D eigenvalue weighted by atomic mass is 9.46. The van der Waals surface area contributed by atoms with Gasteiger partial charge in [-0.25, -0.2) is 0 Å². The van der Waals surface area contributed by atoms with E-state index in [-0.39, 0.29) is 0 Å². The van der Waals surface area contributed by atoms with Crippen LogP contribution in [0.3, 0.4) is 0 Å². The second kappa shape index (κ2) is 4.10. The van der Waals surface area contributed by atoms with E-state index in [1.54, 1.807) is 0 Å². The maximum absolute atomic E-state index is 5.97. The van der Waals surface area contributed by atoms with Gasteiger partial charge < -0.3 is 14.5 Å². The van der Waals surface area contributed by atoms with E-state index in [9.17, 15) is 0 Å². The molecule has 1 N–H and O–H groups in total. The van der Waals surface area contributed by atoms with Crippen LogP contribution in [0, 0.1) is 18.3 Å². The van der Waals surface area contributed by atoms with E-state index in [1.165, 1.54) is 25.7 Å². The Hall–Kier alpha value is -0.800. The van der Waals surface area contributed by atoms with Crippen LogP contribution >= 0.6 is 0 Å². The monoisotopic (exact) mass is 261 g/mol. The van der Waals surface area contributed by atoms with E-state index in [2.05, 4.69) is 24.4 Å². The first kappa shape index (κ1) is 12.0. The number of fused-ring (bicyclic) bond motifs is 2. The van der Waals surface area contributed by atoms with Gasteiger partial charge >= 0.3 is 0 Å². The highest BCUT2D eigenvalue weighted by atomic mass is 16.5. The Bertz CT molecular complexity index is 477. The molecule has 4 atom stereocenters. The van der Waals surface area contributed by atoms with Gasteiger partial charge in [-0.2, -0.15) is 0 Å². The fourth-order valence-corrected chi connectivity index (χ4v) is 4.53. The van der Waals surface area contributed by atoms with Gasteiger partial charge in [-0.3, -0.25) is 0 Å². The summed E-state index contributed by atoms with van der Waals surface area (Å²) in [5.41, 5.74) is 0.455. The highest BCUT2D eigenvalue weighted by Gasteiger charge is 2.66. The molecule has 1 aromatic heterocycles. The summed E-state index contributed by atoms with van der Waals surface area (Å²) in [6.07, 6.45) is 5.84. The van der Waals surface area contributed by atoms with E-state index >= 15 is 0 Å². The SMILES string of the molecule is Cc1ccc([C@H](C)N[C@@H]2[C@@H]3CCO[C@H]3C23CCC3)o1. The van der Waals surface area contributed by atoms with Crippen molar-refractivity contribution < 1.29 is 9.15 Å². The van der Waals surface area contributed by atoms with Crippen molar-refractivity contribution in [3.63, 3.8) is 0 Å². The molecule has 3 heteroatoms. The highest BCUT2D eigenvalue weighted by Crippen LogP contribution is 2.63. The second-order valence-corrected chi connectivity index (χ2v) is 6.65. The van der Waals surface area contributed by atoms with Crippen LogP contribution in [0.15, 0.2) is 16.5 Å². The van der Waals surface area contributed by atoms with E-state index in [0.29, 0.717) is 23.6 Å². The average Bonchev–Trinajstić information content (AvgIpc) is 2.91. The minimum absolute atomic E-state index is 0.303. The van der Waals surface area contributed by atoms with E-state index in [1.807, 2.05) is 6.92 Å². The van der Waals surface area contributed by atoms with Crippen molar-refractivity contribution in [1.82, 2.24) is 5.32 Å². The molecule has 104 valence electrons. The molecule has 0 radical (unpaired) electrons.